The Balaban J connectivity index is 3.00. The molecule has 80 valence electrons. The number of rotatable bonds is 7. The van der Waals surface area contributed by atoms with E-state index >= 15 is 0 Å². The van der Waals surface area contributed by atoms with E-state index < -0.39 is 0 Å². The number of unbranched alkanes of at least 4 members (excludes halogenated alkanes) is 2. The van der Waals surface area contributed by atoms with E-state index in [-0.39, 0.29) is 0 Å². The molecule has 0 aromatic rings. The summed E-state index contributed by atoms with van der Waals surface area (Å²) in [7, 11) is 0. The van der Waals surface area contributed by atoms with Crippen LogP contribution in [0.5, 0.6) is 0 Å². The maximum absolute atomic E-state index is 5.54. The summed E-state index contributed by atoms with van der Waals surface area (Å²) >= 11 is 3.42. The van der Waals surface area contributed by atoms with E-state index in [2.05, 4.69) is 36.7 Å². The summed E-state index contributed by atoms with van der Waals surface area (Å²) in [6.07, 6.45) is 4.91. The van der Waals surface area contributed by atoms with Crippen LogP contribution >= 0.6 is 15.9 Å². The first-order valence-corrected chi connectivity index (χ1v) is 6.32. The van der Waals surface area contributed by atoms with Gasteiger partial charge in [0.2, 0.25) is 0 Å². The number of hydrogen-bond acceptors (Lipinski definition) is 1. The molecule has 2 heteroatoms. The topological polar surface area (TPSA) is 9.23 Å². The van der Waals surface area contributed by atoms with Crippen molar-refractivity contribution in [2.75, 3.05) is 18.5 Å². The molecule has 0 radical (unpaired) electrons. The third-order valence-electron chi connectivity index (χ3n) is 1.92. The molecule has 0 fully saturated rings. The van der Waals surface area contributed by atoms with Crippen molar-refractivity contribution in [1.29, 1.82) is 0 Å². The van der Waals surface area contributed by atoms with Gasteiger partial charge in [-0.25, -0.2) is 0 Å². The number of hydrogen-bond donors (Lipinski definition) is 0. The highest BCUT2D eigenvalue weighted by atomic mass is 79.9. The lowest BCUT2D eigenvalue weighted by molar-refractivity contribution is 0.105. The molecular formula is C11H23BrO. The minimum atomic E-state index is 0.413. The Morgan fingerprint density at radius 2 is 1.69 bits per heavy atom. The van der Waals surface area contributed by atoms with E-state index in [1.807, 2.05) is 0 Å². The third kappa shape index (κ3) is 12.4. The van der Waals surface area contributed by atoms with Gasteiger partial charge in [0.15, 0.2) is 0 Å². The molecule has 0 saturated carbocycles. The summed E-state index contributed by atoms with van der Waals surface area (Å²) in [6, 6.07) is 0. The molecule has 0 aromatic carbocycles. The third-order valence-corrected chi connectivity index (χ3v) is 2.48. The van der Waals surface area contributed by atoms with E-state index in [1.165, 1.54) is 19.3 Å². The fraction of sp³-hybridized carbons (Fsp3) is 1.00. The van der Waals surface area contributed by atoms with Gasteiger partial charge in [0, 0.05) is 18.5 Å². The number of ether oxygens (including phenoxy) is 1. The van der Waals surface area contributed by atoms with Gasteiger partial charge in [-0.3, -0.25) is 0 Å². The van der Waals surface area contributed by atoms with Crippen molar-refractivity contribution in [2.45, 2.75) is 46.5 Å². The van der Waals surface area contributed by atoms with Gasteiger partial charge in [0.25, 0.3) is 0 Å². The van der Waals surface area contributed by atoms with Crippen LogP contribution < -0.4 is 0 Å². The molecule has 0 heterocycles. The van der Waals surface area contributed by atoms with Crippen LogP contribution in [-0.2, 0) is 4.74 Å². The maximum Gasteiger partial charge on any atom is 0.0471 e. The Morgan fingerprint density at radius 1 is 1.00 bits per heavy atom. The lowest BCUT2D eigenvalue weighted by Crippen LogP contribution is -2.09. The molecule has 0 aliphatic heterocycles. The van der Waals surface area contributed by atoms with Crippen LogP contribution in [0.2, 0.25) is 0 Å². The zero-order chi connectivity index (χ0) is 10.2. The highest BCUT2D eigenvalue weighted by molar-refractivity contribution is 9.09. The first-order chi connectivity index (χ1) is 6.06. The van der Waals surface area contributed by atoms with Gasteiger partial charge in [-0.1, -0.05) is 43.1 Å². The van der Waals surface area contributed by atoms with Gasteiger partial charge in [-0.2, -0.15) is 0 Å². The van der Waals surface area contributed by atoms with Crippen molar-refractivity contribution in [1.82, 2.24) is 0 Å². The van der Waals surface area contributed by atoms with Gasteiger partial charge in [0.05, 0.1) is 0 Å². The average molecular weight is 251 g/mol. The lowest BCUT2D eigenvalue weighted by Gasteiger charge is -2.17. The number of alkyl halides is 1. The molecule has 0 aliphatic rings. The van der Waals surface area contributed by atoms with Crippen molar-refractivity contribution in [3.05, 3.63) is 0 Å². The Kier molecular flexibility index (Phi) is 8.07. The van der Waals surface area contributed by atoms with E-state index in [4.69, 9.17) is 4.74 Å². The van der Waals surface area contributed by atoms with E-state index in [0.717, 1.165) is 25.0 Å². The molecular weight excluding hydrogens is 228 g/mol. The molecule has 1 nitrogen and oxygen atoms in total. The van der Waals surface area contributed by atoms with Crippen LogP contribution in [0.25, 0.3) is 0 Å². The van der Waals surface area contributed by atoms with E-state index in [0.29, 0.717) is 5.41 Å². The second-order valence-electron chi connectivity index (χ2n) is 4.67. The predicted octanol–water partition coefficient (Wildman–Crippen LogP) is 4.00. The molecule has 0 atom stereocenters. The fourth-order valence-electron chi connectivity index (χ4n) is 0.956. The van der Waals surface area contributed by atoms with Crippen molar-refractivity contribution in [3.63, 3.8) is 0 Å². The van der Waals surface area contributed by atoms with Gasteiger partial charge < -0.3 is 4.74 Å². The molecule has 0 aliphatic carbocycles. The van der Waals surface area contributed by atoms with Gasteiger partial charge >= 0.3 is 0 Å². The number of halogens is 1. The van der Waals surface area contributed by atoms with Gasteiger partial charge in [0.1, 0.15) is 0 Å². The largest absolute Gasteiger partial charge is 0.381 e. The molecule has 0 spiro atoms. The predicted molar refractivity (Wildman–Crippen MR) is 62.5 cm³/mol. The second kappa shape index (κ2) is 7.81. The normalized spacial score (nSPS) is 12.0. The van der Waals surface area contributed by atoms with Crippen LogP contribution in [0.1, 0.15) is 46.5 Å². The molecule has 0 amide bonds. The summed E-state index contributed by atoms with van der Waals surface area (Å²) in [5, 5.41) is 1.12. The highest BCUT2D eigenvalue weighted by Crippen LogP contribution is 2.17. The van der Waals surface area contributed by atoms with Crippen LogP contribution in [0.15, 0.2) is 0 Å². The minimum Gasteiger partial charge on any atom is -0.381 e. The average Bonchev–Trinajstić information content (AvgIpc) is 2.01. The molecule has 0 rings (SSSR count). The second-order valence-corrected chi connectivity index (χ2v) is 5.47. The molecule has 13 heavy (non-hydrogen) atoms. The Labute approximate surface area is 91.4 Å². The summed E-state index contributed by atoms with van der Waals surface area (Å²) < 4.78 is 5.54. The molecule has 0 aromatic heterocycles. The van der Waals surface area contributed by atoms with Crippen molar-refractivity contribution < 1.29 is 4.74 Å². The zero-order valence-electron chi connectivity index (χ0n) is 9.24. The van der Waals surface area contributed by atoms with Crippen molar-refractivity contribution >= 4 is 15.9 Å². The minimum absolute atomic E-state index is 0.413. The molecule has 0 saturated heterocycles. The monoisotopic (exact) mass is 250 g/mol. The summed E-state index contributed by atoms with van der Waals surface area (Å²) in [4.78, 5) is 0. The van der Waals surface area contributed by atoms with Crippen molar-refractivity contribution in [3.8, 4) is 0 Å². The lowest BCUT2D eigenvalue weighted by atomic mass is 9.93. The molecule has 0 unspecified atom stereocenters. The van der Waals surface area contributed by atoms with Crippen LogP contribution in [0.4, 0.5) is 0 Å². The Morgan fingerprint density at radius 3 is 2.23 bits per heavy atom. The summed E-state index contributed by atoms with van der Waals surface area (Å²) in [6.45, 7) is 8.60. The Hall–Kier alpha value is 0.440. The quantitative estimate of drug-likeness (QED) is 0.490. The van der Waals surface area contributed by atoms with Crippen LogP contribution in [0.3, 0.4) is 0 Å². The van der Waals surface area contributed by atoms with E-state index in [1.54, 1.807) is 0 Å². The zero-order valence-corrected chi connectivity index (χ0v) is 10.8. The molecule has 0 bridgehead atoms. The maximum atomic E-state index is 5.54. The standard InChI is InChI=1S/C11H23BrO/c1-11(2,3)7-10-13-9-6-4-5-8-12/h4-10H2,1-3H3. The Bertz CT molecular complexity index is 107. The highest BCUT2D eigenvalue weighted by Gasteiger charge is 2.08. The summed E-state index contributed by atoms with van der Waals surface area (Å²) in [5.41, 5.74) is 0.413. The van der Waals surface area contributed by atoms with Gasteiger partial charge in [-0.05, 0) is 24.7 Å². The van der Waals surface area contributed by atoms with Crippen molar-refractivity contribution in [2.24, 2.45) is 5.41 Å². The first kappa shape index (κ1) is 13.4. The fourth-order valence-corrected chi connectivity index (χ4v) is 1.35. The van der Waals surface area contributed by atoms with E-state index in [9.17, 15) is 0 Å². The summed E-state index contributed by atoms with van der Waals surface area (Å²) in [5.74, 6) is 0. The first-order valence-electron chi connectivity index (χ1n) is 5.20. The van der Waals surface area contributed by atoms with Gasteiger partial charge in [-0.15, -0.1) is 0 Å². The molecule has 0 N–H and O–H groups in total. The SMILES string of the molecule is CC(C)(C)CCOCCCCCBr. The van der Waals surface area contributed by atoms with Crippen LogP contribution in [0, 0.1) is 5.41 Å². The van der Waals surface area contributed by atoms with Crippen LogP contribution in [-0.4, -0.2) is 18.5 Å². The smallest absolute Gasteiger partial charge is 0.0471 e.